The van der Waals surface area contributed by atoms with Gasteiger partial charge in [-0.2, -0.15) is 0 Å². The van der Waals surface area contributed by atoms with Crippen LogP contribution in [0.4, 0.5) is 5.69 Å². The van der Waals surface area contributed by atoms with Crippen molar-refractivity contribution in [3.8, 4) is 11.1 Å². The van der Waals surface area contributed by atoms with Crippen molar-refractivity contribution in [1.82, 2.24) is 9.97 Å². The van der Waals surface area contributed by atoms with Crippen LogP contribution in [-0.4, -0.2) is 15.9 Å². The number of carbonyl (C=O) groups is 1. The van der Waals surface area contributed by atoms with Gasteiger partial charge in [-0.3, -0.25) is 9.78 Å². The van der Waals surface area contributed by atoms with E-state index in [2.05, 4.69) is 15.3 Å². The Hall–Kier alpha value is -3.05. The first-order valence-corrected chi connectivity index (χ1v) is 7.24. The number of rotatable bonds is 4. The summed E-state index contributed by atoms with van der Waals surface area (Å²) in [5.41, 5.74) is 9.16. The van der Waals surface area contributed by atoms with Crippen LogP contribution in [0, 0.1) is 0 Å². The molecule has 0 aliphatic carbocycles. The van der Waals surface area contributed by atoms with Gasteiger partial charge in [0.2, 0.25) is 0 Å². The van der Waals surface area contributed by atoms with Crippen molar-refractivity contribution in [2.75, 3.05) is 5.32 Å². The number of nitrogens with one attached hydrogen (secondary N) is 1. The first kappa shape index (κ1) is 14.9. The molecule has 3 aromatic rings. The normalized spacial score (nSPS) is 10.3. The largest absolute Gasteiger partial charge is 0.325 e. The Labute approximate surface area is 134 Å². The van der Waals surface area contributed by atoms with E-state index in [9.17, 15) is 4.79 Å². The number of anilines is 1. The number of amides is 1. The number of aromatic nitrogens is 2. The van der Waals surface area contributed by atoms with E-state index in [1.165, 1.54) is 0 Å². The minimum Gasteiger partial charge on any atom is -0.325 e. The molecule has 0 unspecified atom stereocenters. The van der Waals surface area contributed by atoms with Gasteiger partial charge in [-0.25, -0.2) is 4.98 Å². The second-order valence-electron chi connectivity index (χ2n) is 5.00. The van der Waals surface area contributed by atoms with Crippen LogP contribution in [0.3, 0.4) is 0 Å². The highest BCUT2D eigenvalue weighted by atomic mass is 16.1. The van der Waals surface area contributed by atoms with E-state index < -0.39 is 0 Å². The molecule has 3 N–H and O–H groups in total. The van der Waals surface area contributed by atoms with Crippen LogP contribution in [0.2, 0.25) is 0 Å². The third kappa shape index (κ3) is 3.59. The molecule has 1 aromatic carbocycles. The molecule has 5 heteroatoms. The van der Waals surface area contributed by atoms with Gasteiger partial charge in [0.15, 0.2) is 0 Å². The van der Waals surface area contributed by atoms with Crippen molar-refractivity contribution < 1.29 is 4.79 Å². The van der Waals surface area contributed by atoms with E-state index in [-0.39, 0.29) is 5.91 Å². The Bertz CT molecular complexity index is 818. The first-order valence-electron chi connectivity index (χ1n) is 7.24. The van der Waals surface area contributed by atoms with Crippen LogP contribution < -0.4 is 11.1 Å². The van der Waals surface area contributed by atoms with E-state index in [1.807, 2.05) is 36.4 Å². The quantitative estimate of drug-likeness (QED) is 0.776. The zero-order chi connectivity index (χ0) is 16.1. The maximum absolute atomic E-state index is 12.3. The number of pyridine rings is 2. The lowest BCUT2D eigenvalue weighted by atomic mass is 10.1. The average Bonchev–Trinajstić information content (AvgIpc) is 2.63. The maximum atomic E-state index is 12.3. The zero-order valence-corrected chi connectivity index (χ0v) is 12.4. The summed E-state index contributed by atoms with van der Waals surface area (Å²) in [6, 6.07) is 17.0. The SMILES string of the molecule is NCc1cccc(C(=O)Nc2cncc(-c3ccccc3)c2)n1. The van der Waals surface area contributed by atoms with Crippen LogP contribution in [0.5, 0.6) is 0 Å². The third-order valence-electron chi connectivity index (χ3n) is 3.35. The van der Waals surface area contributed by atoms with Crippen molar-refractivity contribution in [3.05, 3.63) is 78.4 Å². The monoisotopic (exact) mass is 304 g/mol. The predicted molar refractivity (Wildman–Crippen MR) is 89.8 cm³/mol. The van der Waals surface area contributed by atoms with Gasteiger partial charge in [0.25, 0.3) is 5.91 Å². The minimum absolute atomic E-state index is 0.285. The van der Waals surface area contributed by atoms with E-state index >= 15 is 0 Å². The summed E-state index contributed by atoms with van der Waals surface area (Å²) in [4.78, 5) is 20.7. The second kappa shape index (κ2) is 6.81. The highest BCUT2D eigenvalue weighted by molar-refractivity contribution is 6.03. The molecule has 0 atom stereocenters. The highest BCUT2D eigenvalue weighted by Crippen LogP contribution is 2.21. The summed E-state index contributed by atoms with van der Waals surface area (Å²) in [6.07, 6.45) is 3.37. The lowest BCUT2D eigenvalue weighted by Crippen LogP contribution is -2.15. The molecule has 0 spiro atoms. The van der Waals surface area contributed by atoms with E-state index in [0.29, 0.717) is 23.6 Å². The molecule has 0 saturated carbocycles. The molecule has 23 heavy (non-hydrogen) atoms. The Morgan fingerprint density at radius 1 is 1.00 bits per heavy atom. The zero-order valence-electron chi connectivity index (χ0n) is 12.4. The number of carbonyl (C=O) groups excluding carboxylic acids is 1. The molecular formula is C18H16N4O. The number of benzene rings is 1. The fourth-order valence-electron chi connectivity index (χ4n) is 2.21. The Balaban J connectivity index is 1.81. The van der Waals surface area contributed by atoms with Gasteiger partial charge < -0.3 is 11.1 Å². The molecule has 0 fully saturated rings. The summed E-state index contributed by atoms with van der Waals surface area (Å²) >= 11 is 0. The molecule has 1 amide bonds. The minimum atomic E-state index is -0.285. The molecule has 0 radical (unpaired) electrons. The first-order chi connectivity index (χ1) is 11.3. The van der Waals surface area contributed by atoms with E-state index in [0.717, 1.165) is 11.1 Å². The Morgan fingerprint density at radius 3 is 2.61 bits per heavy atom. The number of nitrogens with two attached hydrogens (primary N) is 1. The van der Waals surface area contributed by atoms with Crippen LogP contribution in [-0.2, 0) is 6.54 Å². The molecule has 2 aromatic heterocycles. The van der Waals surface area contributed by atoms with Crippen molar-refractivity contribution in [2.24, 2.45) is 5.73 Å². The molecule has 5 nitrogen and oxygen atoms in total. The molecule has 3 rings (SSSR count). The average molecular weight is 304 g/mol. The fourth-order valence-corrected chi connectivity index (χ4v) is 2.21. The van der Waals surface area contributed by atoms with Crippen molar-refractivity contribution in [1.29, 1.82) is 0 Å². The van der Waals surface area contributed by atoms with Gasteiger partial charge in [0.1, 0.15) is 5.69 Å². The molecular weight excluding hydrogens is 288 g/mol. The van der Waals surface area contributed by atoms with Crippen molar-refractivity contribution in [2.45, 2.75) is 6.54 Å². The standard InChI is InChI=1S/C18H16N4O/c19-10-15-7-4-8-17(21-15)18(23)22-16-9-14(11-20-12-16)13-5-2-1-3-6-13/h1-9,11-12H,10,19H2,(H,22,23). The van der Waals surface area contributed by atoms with Gasteiger partial charge in [0, 0.05) is 18.3 Å². The molecule has 0 bridgehead atoms. The molecule has 114 valence electrons. The van der Waals surface area contributed by atoms with Gasteiger partial charge in [-0.15, -0.1) is 0 Å². The molecule has 0 saturated heterocycles. The maximum Gasteiger partial charge on any atom is 0.274 e. The molecule has 0 aliphatic heterocycles. The van der Waals surface area contributed by atoms with Gasteiger partial charge in [-0.1, -0.05) is 36.4 Å². The number of nitrogens with zero attached hydrogens (tertiary/aromatic N) is 2. The third-order valence-corrected chi connectivity index (χ3v) is 3.35. The predicted octanol–water partition coefficient (Wildman–Crippen LogP) is 2.85. The van der Waals surface area contributed by atoms with Crippen LogP contribution in [0.15, 0.2) is 67.0 Å². The Morgan fingerprint density at radius 2 is 1.83 bits per heavy atom. The van der Waals surface area contributed by atoms with Crippen LogP contribution >= 0.6 is 0 Å². The lowest BCUT2D eigenvalue weighted by Gasteiger charge is -2.07. The fraction of sp³-hybridized carbons (Fsp3) is 0.0556. The lowest BCUT2D eigenvalue weighted by molar-refractivity contribution is 0.102. The smallest absolute Gasteiger partial charge is 0.274 e. The second-order valence-corrected chi connectivity index (χ2v) is 5.00. The van der Waals surface area contributed by atoms with Crippen molar-refractivity contribution >= 4 is 11.6 Å². The molecule has 2 heterocycles. The topological polar surface area (TPSA) is 80.9 Å². The number of hydrogen-bond acceptors (Lipinski definition) is 4. The summed E-state index contributed by atoms with van der Waals surface area (Å²) in [6.45, 7) is 0.298. The molecule has 0 aliphatic rings. The summed E-state index contributed by atoms with van der Waals surface area (Å²) < 4.78 is 0. The van der Waals surface area contributed by atoms with Gasteiger partial charge in [0.05, 0.1) is 17.6 Å². The summed E-state index contributed by atoms with van der Waals surface area (Å²) in [5.74, 6) is -0.285. The van der Waals surface area contributed by atoms with Crippen LogP contribution in [0.1, 0.15) is 16.2 Å². The summed E-state index contributed by atoms with van der Waals surface area (Å²) in [7, 11) is 0. The van der Waals surface area contributed by atoms with Gasteiger partial charge >= 0.3 is 0 Å². The van der Waals surface area contributed by atoms with Crippen molar-refractivity contribution in [3.63, 3.8) is 0 Å². The Kier molecular flexibility index (Phi) is 4.40. The van der Waals surface area contributed by atoms with E-state index in [4.69, 9.17) is 5.73 Å². The summed E-state index contributed by atoms with van der Waals surface area (Å²) in [5, 5.41) is 2.81. The highest BCUT2D eigenvalue weighted by Gasteiger charge is 2.09. The van der Waals surface area contributed by atoms with Crippen LogP contribution in [0.25, 0.3) is 11.1 Å². The number of hydrogen-bond donors (Lipinski definition) is 2. The van der Waals surface area contributed by atoms with Gasteiger partial charge in [-0.05, 0) is 23.8 Å². The van der Waals surface area contributed by atoms with E-state index in [1.54, 1.807) is 30.6 Å².